The van der Waals surface area contributed by atoms with E-state index in [1.807, 2.05) is 0 Å². The summed E-state index contributed by atoms with van der Waals surface area (Å²) in [6, 6.07) is 6.13. The summed E-state index contributed by atoms with van der Waals surface area (Å²) in [5.74, 6) is -0.778. The van der Waals surface area contributed by atoms with Crippen LogP contribution < -0.4 is 10.1 Å². The number of rotatable bonds is 5. The fraction of sp³-hybridized carbons (Fsp3) is 0.467. The highest BCUT2D eigenvalue weighted by atomic mass is 19.1. The average Bonchev–Trinajstić information content (AvgIpc) is 2.79. The van der Waals surface area contributed by atoms with Crippen molar-refractivity contribution in [3.63, 3.8) is 0 Å². The van der Waals surface area contributed by atoms with E-state index < -0.39 is 5.82 Å². The van der Waals surface area contributed by atoms with Crippen LogP contribution in [-0.2, 0) is 9.59 Å². The van der Waals surface area contributed by atoms with Crippen molar-refractivity contribution in [2.75, 3.05) is 20.1 Å². The number of hydrogen-bond acceptors (Lipinski definition) is 3. The Morgan fingerprint density at radius 2 is 2.24 bits per heavy atom. The molecule has 0 unspecified atom stereocenters. The molecule has 0 aliphatic carbocycles. The molecule has 1 aliphatic rings. The molecule has 1 fully saturated rings. The number of amides is 2. The maximum atomic E-state index is 13.4. The summed E-state index contributed by atoms with van der Waals surface area (Å²) < 4.78 is 18.9. The van der Waals surface area contributed by atoms with Gasteiger partial charge in [-0.25, -0.2) is 4.39 Å². The molecular formula is C15H19FN2O3. The third-order valence-corrected chi connectivity index (χ3v) is 3.44. The SMILES string of the molecule is C[C@H](CNC(=O)[C@H]1CC(=O)N(C)C1)Oc1ccccc1F. The molecule has 0 bridgehead atoms. The standard InChI is InChI=1S/C15H19FN2O3/c1-10(21-13-6-4-3-5-12(13)16)8-17-15(20)11-7-14(19)18(2)9-11/h3-6,10-11H,7-9H2,1-2H3,(H,17,20)/t10-,11+/m1/s1. The molecule has 1 aliphatic heterocycles. The van der Waals surface area contributed by atoms with Gasteiger partial charge in [-0.05, 0) is 19.1 Å². The summed E-state index contributed by atoms with van der Waals surface area (Å²) in [4.78, 5) is 24.9. The van der Waals surface area contributed by atoms with Gasteiger partial charge in [0.2, 0.25) is 11.8 Å². The molecule has 2 atom stereocenters. The molecule has 0 saturated carbocycles. The Morgan fingerprint density at radius 1 is 1.52 bits per heavy atom. The number of hydrogen-bond donors (Lipinski definition) is 1. The third kappa shape index (κ3) is 3.93. The van der Waals surface area contributed by atoms with Crippen LogP contribution in [0.3, 0.4) is 0 Å². The number of carbonyl (C=O) groups is 2. The first-order valence-corrected chi connectivity index (χ1v) is 6.90. The van der Waals surface area contributed by atoms with Crippen LogP contribution in [0.5, 0.6) is 5.75 Å². The Kier molecular flexibility index (Phi) is 4.77. The lowest BCUT2D eigenvalue weighted by molar-refractivity contribution is -0.128. The maximum Gasteiger partial charge on any atom is 0.225 e. The van der Waals surface area contributed by atoms with Gasteiger partial charge in [-0.2, -0.15) is 0 Å². The number of likely N-dealkylation sites (tertiary alicyclic amines) is 1. The summed E-state index contributed by atoms with van der Waals surface area (Å²) in [5.41, 5.74) is 0. The second-order valence-corrected chi connectivity index (χ2v) is 5.28. The zero-order chi connectivity index (χ0) is 15.4. The van der Waals surface area contributed by atoms with Crippen molar-refractivity contribution in [3.8, 4) is 5.75 Å². The fourth-order valence-corrected chi connectivity index (χ4v) is 2.23. The van der Waals surface area contributed by atoms with Gasteiger partial charge in [0, 0.05) is 20.0 Å². The van der Waals surface area contributed by atoms with Gasteiger partial charge in [0.15, 0.2) is 11.6 Å². The highest BCUT2D eigenvalue weighted by Crippen LogP contribution is 2.18. The minimum Gasteiger partial charge on any atom is -0.486 e. The van der Waals surface area contributed by atoms with Crippen molar-refractivity contribution >= 4 is 11.8 Å². The number of para-hydroxylation sites is 1. The lowest BCUT2D eigenvalue weighted by atomic mass is 10.1. The predicted octanol–water partition coefficient (Wildman–Crippen LogP) is 1.19. The summed E-state index contributed by atoms with van der Waals surface area (Å²) in [6.45, 7) is 2.45. The number of carbonyl (C=O) groups excluding carboxylic acids is 2. The Hall–Kier alpha value is -2.11. The van der Waals surface area contributed by atoms with Crippen molar-refractivity contribution in [2.24, 2.45) is 5.92 Å². The fourth-order valence-electron chi connectivity index (χ4n) is 2.23. The third-order valence-electron chi connectivity index (χ3n) is 3.44. The van der Waals surface area contributed by atoms with Crippen LogP contribution in [0.15, 0.2) is 24.3 Å². The number of nitrogens with zero attached hydrogens (tertiary/aromatic N) is 1. The zero-order valence-corrected chi connectivity index (χ0v) is 12.1. The van der Waals surface area contributed by atoms with Gasteiger partial charge in [-0.1, -0.05) is 12.1 Å². The normalized spacial score (nSPS) is 19.5. The van der Waals surface area contributed by atoms with Crippen molar-refractivity contribution in [3.05, 3.63) is 30.1 Å². The predicted molar refractivity (Wildman–Crippen MR) is 75.2 cm³/mol. The lowest BCUT2D eigenvalue weighted by Gasteiger charge is -2.17. The molecule has 1 N–H and O–H groups in total. The molecule has 0 spiro atoms. The van der Waals surface area contributed by atoms with Gasteiger partial charge in [0.05, 0.1) is 12.5 Å². The van der Waals surface area contributed by atoms with Gasteiger partial charge in [0.25, 0.3) is 0 Å². The first-order chi connectivity index (χ1) is 9.97. The van der Waals surface area contributed by atoms with Crippen molar-refractivity contribution in [1.29, 1.82) is 0 Å². The quantitative estimate of drug-likeness (QED) is 0.887. The Morgan fingerprint density at radius 3 is 2.86 bits per heavy atom. The minimum absolute atomic E-state index is 0.0224. The van der Waals surface area contributed by atoms with Crippen LogP contribution in [0.1, 0.15) is 13.3 Å². The molecule has 1 aromatic carbocycles. The summed E-state index contributed by atoms with van der Waals surface area (Å²) >= 11 is 0. The van der Waals surface area contributed by atoms with Crippen LogP contribution in [0.25, 0.3) is 0 Å². The highest BCUT2D eigenvalue weighted by molar-refractivity contribution is 5.89. The van der Waals surface area contributed by atoms with Crippen LogP contribution in [0, 0.1) is 11.7 Å². The van der Waals surface area contributed by atoms with E-state index in [1.165, 1.54) is 12.1 Å². The number of nitrogens with one attached hydrogen (secondary N) is 1. The van der Waals surface area contributed by atoms with Gasteiger partial charge in [-0.15, -0.1) is 0 Å². The zero-order valence-electron chi connectivity index (χ0n) is 12.1. The number of halogens is 1. The maximum absolute atomic E-state index is 13.4. The van der Waals surface area contributed by atoms with Crippen LogP contribution in [0.4, 0.5) is 4.39 Å². The molecule has 0 radical (unpaired) electrons. The van der Waals surface area contributed by atoms with Gasteiger partial charge in [0.1, 0.15) is 6.10 Å². The summed E-state index contributed by atoms with van der Waals surface area (Å²) in [5, 5.41) is 2.74. The highest BCUT2D eigenvalue weighted by Gasteiger charge is 2.32. The molecule has 1 saturated heterocycles. The van der Waals surface area contributed by atoms with Crippen LogP contribution in [-0.4, -0.2) is 43.0 Å². The number of ether oxygens (including phenoxy) is 1. The lowest BCUT2D eigenvalue weighted by Crippen LogP contribution is -2.38. The van der Waals surface area contributed by atoms with Crippen LogP contribution >= 0.6 is 0 Å². The molecule has 5 nitrogen and oxygen atoms in total. The summed E-state index contributed by atoms with van der Waals surface area (Å²) in [7, 11) is 1.68. The van der Waals surface area contributed by atoms with Gasteiger partial charge >= 0.3 is 0 Å². The Bertz CT molecular complexity index is 535. The molecule has 0 aromatic heterocycles. The van der Waals surface area contributed by atoms with Crippen molar-refractivity contribution < 1.29 is 18.7 Å². The molecule has 2 rings (SSSR count). The smallest absolute Gasteiger partial charge is 0.225 e. The summed E-state index contributed by atoms with van der Waals surface area (Å²) in [6.07, 6.45) is -0.120. The largest absolute Gasteiger partial charge is 0.486 e. The van der Waals surface area contributed by atoms with Crippen molar-refractivity contribution in [1.82, 2.24) is 10.2 Å². The van der Waals surface area contributed by atoms with E-state index in [-0.39, 0.29) is 42.6 Å². The Labute approximate surface area is 123 Å². The number of benzene rings is 1. The minimum atomic E-state index is -0.432. The average molecular weight is 294 g/mol. The Balaban J connectivity index is 1.79. The molecule has 2 amide bonds. The van der Waals surface area contributed by atoms with Crippen LogP contribution in [0.2, 0.25) is 0 Å². The van der Waals surface area contributed by atoms with Crippen molar-refractivity contribution in [2.45, 2.75) is 19.4 Å². The van der Waals surface area contributed by atoms with E-state index in [2.05, 4.69) is 5.32 Å². The topological polar surface area (TPSA) is 58.6 Å². The molecule has 114 valence electrons. The first-order valence-electron chi connectivity index (χ1n) is 6.90. The second-order valence-electron chi connectivity index (χ2n) is 5.28. The van der Waals surface area contributed by atoms with E-state index in [4.69, 9.17) is 4.74 Å². The molecule has 1 aromatic rings. The van der Waals surface area contributed by atoms with E-state index in [0.717, 1.165) is 0 Å². The van der Waals surface area contributed by atoms with E-state index >= 15 is 0 Å². The van der Waals surface area contributed by atoms with Gasteiger partial charge in [-0.3, -0.25) is 9.59 Å². The molecule has 1 heterocycles. The molecule has 21 heavy (non-hydrogen) atoms. The molecular weight excluding hydrogens is 275 g/mol. The molecule has 6 heteroatoms. The van der Waals surface area contributed by atoms with E-state index in [9.17, 15) is 14.0 Å². The van der Waals surface area contributed by atoms with Gasteiger partial charge < -0.3 is 15.0 Å². The second kappa shape index (κ2) is 6.56. The monoisotopic (exact) mass is 294 g/mol. The van der Waals surface area contributed by atoms with E-state index in [0.29, 0.717) is 6.54 Å². The first kappa shape index (κ1) is 15.3. The van der Waals surface area contributed by atoms with E-state index in [1.54, 1.807) is 31.0 Å².